The zero-order valence-corrected chi connectivity index (χ0v) is 8.50. The van der Waals surface area contributed by atoms with Crippen LogP contribution in [0.25, 0.3) is 0 Å². The van der Waals surface area contributed by atoms with Crippen LogP contribution in [0.3, 0.4) is 0 Å². The summed E-state index contributed by atoms with van der Waals surface area (Å²) in [5.41, 5.74) is 0.606. The first-order valence-corrected chi connectivity index (χ1v) is 3.56. The van der Waals surface area contributed by atoms with E-state index < -0.39 is 0 Å². The normalized spacial score (nSPS) is 8.42. The Bertz CT molecular complexity index is 234. The molecule has 66 valence electrons. The predicted molar refractivity (Wildman–Crippen MR) is 42.4 cm³/mol. The molecule has 0 spiro atoms. The summed E-state index contributed by atoms with van der Waals surface area (Å²) in [6, 6.07) is 8.96. The van der Waals surface area contributed by atoms with Crippen molar-refractivity contribution in [1.29, 1.82) is 0 Å². The van der Waals surface area contributed by atoms with E-state index in [2.05, 4.69) is 0 Å². The molecule has 0 aliphatic rings. The van der Waals surface area contributed by atoms with Crippen LogP contribution in [-0.4, -0.2) is 12.6 Å². The first kappa shape index (κ1) is 11.3. The van der Waals surface area contributed by atoms with E-state index in [0.29, 0.717) is 12.2 Å². The van der Waals surface area contributed by atoms with Crippen molar-refractivity contribution in [1.82, 2.24) is 0 Å². The van der Waals surface area contributed by atoms with Gasteiger partial charge in [0.25, 0.3) is 0 Å². The second-order valence-corrected chi connectivity index (χ2v) is 2.09. The average Bonchev–Trinajstić information content (AvgIpc) is 2.07. The fourth-order valence-corrected chi connectivity index (χ4v) is 0.789. The number of ether oxygens (including phenoxy) is 1. The molecule has 0 saturated carbocycles. The van der Waals surface area contributed by atoms with Gasteiger partial charge in [0.15, 0.2) is 0 Å². The van der Waals surface area contributed by atoms with Crippen LogP contribution < -0.4 is 0 Å². The van der Waals surface area contributed by atoms with Crippen molar-refractivity contribution in [3.63, 3.8) is 0 Å². The van der Waals surface area contributed by atoms with E-state index in [1.165, 1.54) is 0 Å². The number of esters is 1. The van der Waals surface area contributed by atoms with E-state index in [9.17, 15) is 4.79 Å². The molecule has 0 bridgehead atoms. The molecule has 0 aliphatic heterocycles. The molecule has 0 heterocycles. The standard InChI is InChI=1S/C9H10O2.Ru/c1-2-11-9(10)8-6-4-3-5-7-8;/h3-7H,2H2,1H3;. The van der Waals surface area contributed by atoms with Crippen molar-refractivity contribution in [3.8, 4) is 0 Å². The van der Waals surface area contributed by atoms with Gasteiger partial charge in [-0.05, 0) is 19.1 Å². The van der Waals surface area contributed by atoms with Gasteiger partial charge in [-0.3, -0.25) is 0 Å². The molecule has 3 heteroatoms. The Morgan fingerprint density at radius 1 is 1.33 bits per heavy atom. The molecular formula is C9H10O2Ru. The Morgan fingerprint density at radius 3 is 2.42 bits per heavy atom. The van der Waals surface area contributed by atoms with Gasteiger partial charge in [0.05, 0.1) is 12.2 Å². The van der Waals surface area contributed by atoms with Crippen molar-refractivity contribution in [2.45, 2.75) is 6.92 Å². The minimum absolute atomic E-state index is 0. The van der Waals surface area contributed by atoms with Crippen molar-refractivity contribution < 1.29 is 29.0 Å². The molecule has 12 heavy (non-hydrogen) atoms. The summed E-state index contributed by atoms with van der Waals surface area (Å²) < 4.78 is 4.79. The number of rotatable bonds is 2. The van der Waals surface area contributed by atoms with Crippen molar-refractivity contribution >= 4 is 5.97 Å². The van der Waals surface area contributed by atoms with E-state index in [0.717, 1.165) is 0 Å². The summed E-state index contributed by atoms with van der Waals surface area (Å²) >= 11 is 0. The van der Waals surface area contributed by atoms with E-state index in [1.807, 2.05) is 18.2 Å². The van der Waals surface area contributed by atoms with Gasteiger partial charge in [-0.2, -0.15) is 0 Å². The predicted octanol–water partition coefficient (Wildman–Crippen LogP) is 1.86. The molecule has 0 unspecified atom stereocenters. The van der Waals surface area contributed by atoms with Crippen LogP contribution in [0, 0.1) is 0 Å². The van der Waals surface area contributed by atoms with E-state index in [-0.39, 0.29) is 25.4 Å². The fraction of sp³-hybridized carbons (Fsp3) is 0.222. The zero-order chi connectivity index (χ0) is 8.10. The summed E-state index contributed by atoms with van der Waals surface area (Å²) in [4.78, 5) is 11.0. The summed E-state index contributed by atoms with van der Waals surface area (Å²) in [7, 11) is 0. The van der Waals surface area contributed by atoms with Crippen LogP contribution in [-0.2, 0) is 24.2 Å². The third kappa shape index (κ3) is 3.14. The molecule has 0 atom stereocenters. The molecule has 0 N–H and O–H groups in total. The Balaban J connectivity index is 0.00000121. The minimum atomic E-state index is -0.256. The summed E-state index contributed by atoms with van der Waals surface area (Å²) in [6.07, 6.45) is 0. The minimum Gasteiger partial charge on any atom is -0.462 e. The van der Waals surface area contributed by atoms with Crippen LogP contribution >= 0.6 is 0 Å². The van der Waals surface area contributed by atoms with Gasteiger partial charge in [-0.25, -0.2) is 4.79 Å². The van der Waals surface area contributed by atoms with E-state index in [4.69, 9.17) is 4.74 Å². The number of carbonyl (C=O) groups excluding carboxylic acids is 1. The maximum atomic E-state index is 11.0. The van der Waals surface area contributed by atoms with Crippen molar-refractivity contribution in [2.75, 3.05) is 6.61 Å². The van der Waals surface area contributed by atoms with Gasteiger partial charge in [-0.15, -0.1) is 0 Å². The molecule has 1 aromatic rings. The molecule has 0 amide bonds. The maximum absolute atomic E-state index is 11.0. The number of hydrogen-bond acceptors (Lipinski definition) is 2. The average molecular weight is 251 g/mol. The molecular weight excluding hydrogens is 241 g/mol. The Labute approximate surface area is 84.7 Å². The first-order valence-electron chi connectivity index (χ1n) is 3.56. The van der Waals surface area contributed by atoms with Crippen LogP contribution in [0.1, 0.15) is 17.3 Å². The van der Waals surface area contributed by atoms with E-state index >= 15 is 0 Å². The van der Waals surface area contributed by atoms with Crippen molar-refractivity contribution in [3.05, 3.63) is 35.9 Å². The second-order valence-electron chi connectivity index (χ2n) is 2.09. The Kier molecular flexibility index (Phi) is 5.56. The largest absolute Gasteiger partial charge is 0.462 e. The van der Waals surface area contributed by atoms with Crippen LogP contribution in [0.5, 0.6) is 0 Å². The number of hydrogen-bond donors (Lipinski definition) is 0. The smallest absolute Gasteiger partial charge is 0.338 e. The Hall–Kier alpha value is -0.687. The van der Waals surface area contributed by atoms with Gasteiger partial charge in [0, 0.05) is 19.5 Å². The molecule has 1 aromatic carbocycles. The summed E-state index contributed by atoms with van der Waals surface area (Å²) in [6.45, 7) is 2.22. The van der Waals surface area contributed by atoms with Gasteiger partial charge >= 0.3 is 5.97 Å². The van der Waals surface area contributed by atoms with Crippen LogP contribution in [0.2, 0.25) is 0 Å². The molecule has 0 aromatic heterocycles. The topological polar surface area (TPSA) is 26.3 Å². The quantitative estimate of drug-likeness (QED) is 0.592. The molecule has 0 fully saturated rings. The molecule has 2 nitrogen and oxygen atoms in total. The zero-order valence-electron chi connectivity index (χ0n) is 6.76. The number of benzene rings is 1. The molecule has 0 aliphatic carbocycles. The third-order valence-corrected chi connectivity index (χ3v) is 1.28. The van der Waals surface area contributed by atoms with Crippen LogP contribution in [0.15, 0.2) is 30.3 Å². The third-order valence-electron chi connectivity index (χ3n) is 1.28. The fourth-order valence-electron chi connectivity index (χ4n) is 0.789. The number of carbonyl (C=O) groups is 1. The summed E-state index contributed by atoms with van der Waals surface area (Å²) in [5, 5.41) is 0. The van der Waals surface area contributed by atoms with Gasteiger partial charge in [0.1, 0.15) is 0 Å². The van der Waals surface area contributed by atoms with Crippen LogP contribution in [0.4, 0.5) is 0 Å². The Morgan fingerprint density at radius 2 is 1.92 bits per heavy atom. The molecule has 1 rings (SSSR count). The second kappa shape index (κ2) is 5.90. The first-order chi connectivity index (χ1) is 5.34. The van der Waals surface area contributed by atoms with Gasteiger partial charge in [0.2, 0.25) is 0 Å². The molecule has 0 saturated heterocycles. The SMILES string of the molecule is CCOC(=O)c1ccccc1.[Ru]. The molecule has 0 radical (unpaired) electrons. The van der Waals surface area contributed by atoms with Crippen molar-refractivity contribution in [2.24, 2.45) is 0 Å². The van der Waals surface area contributed by atoms with Gasteiger partial charge in [-0.1, -0.05) is 18.2 Å². The summed E-state index contributed by atoms with van der Waals surface area (Å²) in [5.74, 6) is -0.256. The van der Waals surface area contributed by atoms with Gasteiger partial charge < -0.3 is 4.74 Å². The van der Waals surface area contributed by atoms with E-state index in [1.54, 1.807) is 19.1 Å². The maximum Gasteiger partial charge on any atom is 0.338 e. The monoisotopic (exact) mass is 252 g/mol.